The standard InChI is InChI=1S/C15H15FO2/c1-18-14-5-2-11(3-6-14)12-4-7-15(16)13(10-12)8-9-17/h2-7,10,17H,8-9H2,1H3. The highest BCUT2D eigenvalue weighted by Crippen LogP contribution is 2.24. The number of hydrogen-bond donors (Lipinski definition) is 1. The summed E-state index contributed by atoms with van der Waals surface area (Å²) in [6, 6.07) is 12.5. The predicted molar refractivity (Wildman–Crippen MR) is 69.2 cm³/mol. The van der Waals surface area contributed by atoms with Gasteiger partial charge in [0, 0.05) is 6.61 Å². The van der Waals surface area contributed by atoms with E-state index in [4.69, 9.17) is 9.84 Å². The Morgan fingerprint density at radius 3 is 2.33 bits per heavy atom. The first kappa shape index (κ1) is 12.6. The fourth-order valence-corrected chi connectivity index (χ4v) is 1.85. The number of halogens is 1. The van der Waals surface area contributed by atoms with Gasteiger partial charge in [0.1, 0.15) is 11.6 Å². The summed E-state index contributed by atoms with van der Waals surface area (Å²) >= 11 is 0. The van der Waals surface area contributed by atoms with Crippen LogP contribution in [0.25, 0.3) is 11.1 Å². The summed E-state index contributed by atoms with van der Waals surface area (Å²) in [6.45, 7) is -0.0526. The van der Waals surface area contributed by atoms with Gasteiger partial charge in [-0.05, 0) is 47.4 Å². The van der Waals surface area contributed by atoms with Crippen molar-refractivity contribution in [2.45, 2.75) is 6.42 Å². The Bertz CT molecular complexity index is 521. The second-order valence-corrected chi connectivity index (χ2v) is 4.01. The minimum atomic E-state index is -0.277. The van der Waals surface area contributed by atoms with E-state index in [0.717, 1.165) is 16.9 Å². The maximum Gasteiger partial charge on any atom is 0.126 e. The molecule has 0 amide bonds. The number of hydrogen-bond acceptors (Lipinski definition) is 2. The first-order valence-corrected chi connectivity index (χ1v) is 5.78. The quantitative estimate of drug-likeness (QED) is 0.898. The van der Waals surface area contributed by atoms with Crippen LogP contribution < -0.4 is 4.74 Å². The SMILES string of the molecule is COc1ccc(-c2ccc(F)c(CCO)c2)cc1. The maximum atomic E-state index is 13.5. The smallest absolute Gasteiger partial charge is 0.126 e. The molecule has 18 heavy (non-hydrogen) atoms. The van der Waals surface area contributed by atoms with Crippen molar-refractivity contribution >= 4 is 0 Å². The first-order valence-electron chi connectivity index (χ1n) is 5.78. The molecule has 3 heteroatoms. The molecule has 0 saturated heterocycles. The van der Waals surface area contributed by atoms with Crippen molar-refractivity contribution in [3.8, 4) is 16.9 Å². The molecule has 94 valence electrons. The third kappa shape index (κ3) is 2.68. The first-order chi connectivity index (χ1) is 8.74. The fourth-order valence-electron chi connectivity index (χ4n) is 1.85. The van der Waals surface area contributed by atoms with Crippen molar-refractivity contribution in [2.24, 2.45) is 0 Å². The number of rotatable bonds is 4. The summed E-state index contributed by atoms with van der Waals surface area (Å²) in [7, 11) is 1.62. The van der Waals surface area contributed by atoms with Gasteiger partial charge in [-0.2, -0.15) is 0 Å². The van der Waals surface area contributed by atoms with Crippen molar-refractivity contribution in [3.63, 3.8) is 0 Å². The van der Waals surface area contributed by atoms with Gasteiger partial charge in [0.25, 0.3) is 0 Å². The van der Waals surface area contributed by atoms with Crippen LogP contribution >= 0.6 is 0 Å². The van der Waals surface area contributed by atoms with E-state index in [1.165, 1.54) is 6.07 Å². The van der Waals surface area contributed by atoms with E-state index in [1.54, 1.807) is 19.2 Å². The van der Waals surface area contributed by atoms with E-state index in [1.807, 2.05) is 24.3 Å². The summed E-state index contributed by atoms with van der Waals surface area (Å²) in [4.78, 5) is 0. The number of ether oxygens (including phenoxy) is 1. The molecular weight excluding hydrogens is 231 g/mol. The third-order valence-electron chi connectivity index (χ3n) is 2.85. The van der Waals surface area contributed by atoms with Crippen molar-refractivity contribution in [3.05, 3.63) is 53.8 Å². The summed E-state index contributed by atoms with van der Waals surface area (Å²) in [5.41, 5.74) is 2.46. The maximum absolute atomic E-state index is 13.5. The number of aliphatic hydroxyl groups excluding tert-OH is 1. The second kappa shape index (κ2) is 5.65. The van der Waals surface area contributed by atoms with Gasteiger partial charge in [-0.1, -0.05) is 18.2 Å². The van der Waals surface area contributed by atoms with Crippen molar-refractivity contribution < 1.29 is 14.2 Å². The summed E-state index contributed by atoms with van der Waals surface area (Å²) in [5.74, 6) is 0.512. The molecule has 0 spiro atoms. The van der Waals surface area contributed by atoms with Gasteiger partial charge in [-0.15, -0.1) is 0 Å². The molecule has 2 aromatic carbocycles. The molecule has 1 N–H and O–H groups in total. The Hall–Kier alpha value is -1.87. The van der Waals surface area contributed by atoms with Crippen molar-refractivity contribution in [1.29, 1.82) is 0 Å². The number of methoxy groups -OCH3 is 1. The van der Waals surface area contributed by atoms with E-state index >= 15 is 0 Å². The van der Waals surface area contributed by atoms with Crippen LogP contribution in [0.15, 0.2) is 42.5 Å². The topological polar surface area (TPSA) is 29.5 Å². The zero-order chi connectivity index (χ0) is 13.0. The van der Waals surface area contributed by atoms with Crippen LogP contribution in [-0.2, 0) is 6.42 Å². The molecule has 2 nitrogen and oxygen atoms in total. The molecular formula is C15H15FO2. The van der Waals surface area contributed by atoms with Crippen LogP contribution in [0.4, 0.5) is 4.39 Å². The van der Waals surface area contributed by atoms with Crippen LogP contribution in [0, 0.1) is 5.82 Å². The molecule has 2 rings (SSSR count). The summed E-state index contributed by atoms with van der Waals surface area (Å²) in [6.07, 6.45) is 0.329. The average Bonchev–Trinajstić information content (AvgIpc) is 2.42. The van der Waals surface area contributed by atoms with E-state index in [-0.39, 0.29) is 12.4 Å². The van der Waals surface area contributed by atoms with Gasteiger partial charge in [0.15, 0.2) is 0 Å². The predicted octanol–water partition coefficient (Wildman–Crippen LogP) is 3.04. The Morgan fingerprint density at radius 1 is 1.06 bits per heavy atom. The highest BCUT2D eigenvalue weighted by atomic mass is 19.1. The van der Waals surface area contributed by atoms with Gasteiger partial charge in [-0.3, -0.25) is 0 Å². The third-order valence-corrected chi connectivity index (χ3v) is 2.85. The summed E-state index contributed by atoms with van der Waals surface area (Å²) < 4.78 is 18.6. The van der Waals surface area contributed by atoms with Crippen LogP contribution in [0.1, 0.15) is 5.56 Å². The molecule has 0 saturated carbocycles. The molecule has 0 fully saturated rings. The average molecular weight is 246 g/mol. The number of aliphatic hydroxyl groups is 1. The zero-order valence-electron chi connectivity index (χ0n) is 10.2. The van der Waals surface area contributed by atoms with E-state index in [2.05, 4.69) is 0 Å². The second-order valence-electron chi connectivity index (χ2n) is 4.01. The lowest BCUT2D eigenvalue weighted by molar-refractivity contribution is 0.297. The lowest BCUT2D eigenvalue weighted by Crippen LogP contribution is -1.95. The van der Waals surface area contributed by atoms with Gasteiger partial charge in [-0.25, -0.2) is 4.39 Å². The molecule has 0 heterocycles. The zero-order valence-corrected chi connectivity index (χ0v) is 10.2. The summed E-state index contributed by atoms with van der Waals surface area (Å²) in [5, 5.41) is 8.89. The van der Waals surface area contributed by atoms with Crippen LogP contribution in [0.5, 0.6) is 5.75 Å². The van der Waals surface area contributed by atoms with Crippen molar-refractivity contribution in [2.75, 3.05) is 13.7 Å². The number of benzene rings is 2. The molecule has 0 aliphatic carbocycles. The molecule has 0 aromatic heterocycles. The van der Waals surface area contributed by atoms with E-state index in [0.29, 0.717) is 12.0 Å². The molecule has 0 unspecified atom stereocenters. The Kier molecular flexibility index (Phi) is 3.95. The van der Waals surface area contributed by atoms with Crippen LogP contribution in [0.3, 0.4) is 0 Å². The molecule has 0 aliphatic heterocycles. The van der Waals surface area contributed by atoms with Gasteiger partial charge in [0.2, 0.25) is 0 Å². The monoisotopic (exact) mass is 246 g/mol. The van der Waals surface area contributed by atoms with Gasteiger partial charge in [0.05, 0.1) is 7.11 Å². The molecule has 2 aromatic rings. The Balaban J connectivity index is 2.34. The van der Waals surface area contributed by atoms with Gasteiger partial charge >= 0.3 is 0 Å². The molecule has 0 radical (unpaired) electrons. The van der Waals surface area contributed by atoms with Crippen molar-refractivity contribution in [1.82, 2.24) is 0 Å². The molecule has 0 aliphatic rings. The molecule has 0 bridgehead atoms. The van der Waals surface area contributed by atoms with E-state index in [9.17, 15) is 4.39 Å². The van der Waals surface area contributed by atoms with Crippen LogP contribution in [0.2, 0.25) is 0 Å². The van der Waals surface area contributed by atoms with E-state index < -0.39 is 0 Å². The molecule has 0 atom stereocenters. The lowest BCUT2D eigenvalue weighted by Gasteiger charge is -2.07. The largest absolute Gasteiger partial charge is 0.497 e. The lowest BCUT2D eigenvalue weighted by atomic mass is 10.0. The minimum Gasteiger partial charge on any atom is -0.497 e. The fraction of sp³-hybridized carbons (Fsp3) is 0.200. The van der Waals surface area contributed by atoms with Crippen LogP contribution in [-0.4, -0.2) is 18.8 Å². The van der Waals surface area contributed by atoms with Gasteiger partial charge < -0.3 is 9.84 Å². The highest BCUT2D eigenvalue weighted by molar-refractivity contribution is 5.65. The normalized spacial score (nSPS) is 10.4. The highest BCUT2D eigenvalue weighted by Gasteiger charge is 2.05. The Labute approximate surface area is 106 Å². The minimum absolute atomic E-state index is 0.0526. The Morgan fingerprint density at radius 2 is 1.72 bits per heavy atom.